The van der Waals surface area contributed by atoms with Gasteiger partial charge in [-0.1, -0.05) is 46.6 Å². The Kier molecular flexibility index (Phi) is 5.37. The van der Waals surface area contributed by atoms with E-state index in [0.717, 1.165) is 0 Å². The molecule has 0 aliphatic heterocycles. The van der Waals surface area contributed by atoms with Gasteiger partial charge >= 0.3 is 0 Å². The number of hydrogen-bond donors (Lipinski definition) is 1. The molecule has 1 aromatic carbocycles. The first kappa shape index (κ1) is 16.4. The Morgan fingerprint density at radius 3 is 2.48 bits per heavy atom. The molecule has 1 heterocycles. The molecule has 0 saturated heterocycles. The van der Waals surface area contributed by atoms with Crippen LogP contribution in [0.15, 0.2) is 23.6 Å². The second kappa shape index (κ2) is 6.87. The quantitative estimate of drug-likeness (QED) is 0.835. The average molecular weight is 366 g/mol. The molecule has 0 aliphatic rings. The highest BCUT2D eigenvalue weighted by Crippen LogP contribution is 2.34. The molecule has 1 atom stereocenters. The van der Waals surface area contributed by atoms with Gasteiger partial charge in [0.2, 0.25) is 5.91 Å². The van der Waals surface area contributed by atoms with E-state index in [0.29, 0.717) is 15.9 Å². The Bertz CT molecular complexity index is 653. The minimum atomic E-state index is -0.393. The molecule has 0 aliphatic carbocycles. The average Bonchev–Trinajstić information content (AvgIpc) is 2.79. The summed E-state index contributed by atoms with van der Waals surface area (Å²) in [5, 5.41) is 11.6. The van der Waals surface area contributed by atoms with Gasteiger partial charge in [-0.2, -0.15) is 0 Å². The summed E-state index contributed by atoms with van der Waals surface area (Å²) in [6, 6.07) is 3.04. The molecule has 0 saturated carbocycles. The summed E-state index contributed by atoms with van der Waals surface area (Å²) in [6.45, 7) is 1.76. The molecule has 21 heavy (non-hydrogen) atoms. The molecule has 5 nitrogen and oxygen atoms in total. The summed E-state index contributed by atoms with van der Waals surface area (Å²) in [6.07, 6.45) is 1.57. The topological polar surface area (TPSA) is 59.8 Å². The lowest BCUT2D eigenvalue weighted by atomic mass is 10.3. The lowest BCUT2D eigenvalue weighted by Crippen LogP contribution is -2.23. The Balaban J connectivity index is 2.09. The van der Waals surface area contributed by atoms with E-state index in [4.69, 9.17) is 34.8 Å². The van der Waals surface area contributed by atoms with Crippen molar-refractivity contribution < 1.29 is 4.79 Å². The van der Waals surface area contributed by atoms with Crippen molar-refractivity contribution in [2.75, 3.05) is 5.32 Å². The number of anilines is 1. The zero-order valence-corrected chi connectivity index (χ0v) is 14.2. The van der Waals surface area contributed by atoms with Crippen molar-refractivity contribution in [1.29, 1.82) is 0 Å². The molecule has 0 unspecified atom stereocenters. The first-order chi connectivity index (χ1) is 9.88. The van der Waals surface area contributed by atoms with Crippen LogP contribution in [0.25, 0.3) is 0 Å². The molecule has 1 N–H and O–H groups in total. The van der Waals surface area contributed by atoms with Crippen LogP contribution in [0, 0.1) is 0 Å². The van der Waals surface area contributed by atoms with Crippen LogP contribution in [-0.2, 0) is 11.8 Å². The number of hydrogen-bond acceptors (Lipinski definition) is 4. The smallest absolute Gasteiger partial charge is 0.237 e. The second-order valence-corrected chi connectivity index (χ2v) is 6.78. The van der Waals surface area contributed by atoms with Crippen molar-refractivity contribution in [1.82, 2.24) is 14.8 Å². The van der Waals surface area contributed by atoms with Gasteiger partial charge in [0.05, 0.1) is 21.0 Å². The fourth-order valence-corrected chi connectivity index (χ4v) is 3.18. The normalized spacial score (nSPS) is 12.2. The van der Waals surface area contributed by atoms with Crippen LogP contribution < -0.4 is 5.32 Å². The van der Waals surface area contributed by atoms with Crippen molar-refractivity contribution in [2.24, 2.45) is 7.05 Å². The SMILES string of the molecule is C[C@@H](Sc1nncn1C)C(=O)Nc1c(Cl)cc(Cl)cc1Cl. The highest BCUT2D eigenvalue weighted by molar-refractivity contribution is 8.00. The molecule has 0 spiro atoms. The van der Waals surface area contributed by atoms with E-state index < -0.39 is 5.25 Å². The number of benzene rings is 1. The van der Waals surface area contributed by atoms with Crippen molar-refractivity contribution in [3.05, 3.63) is 33.5 Å². The Morgan fingerprint density at radius 2 is 1.95 bits per heavy atom. The fourth-order valence-electron chi connectivity index (χ4n) is 1.48. The van der Waals surface area contributed by atoms with Gasteiger partial charge in [0, 0.05) is 12.1 Å². The third kappa shape index (κ3) is 4.03. The maximum absolute atomic E-state index is 12.2. The Morgan fingerprint density at radius 1 is 1.33 bits per heavy atom. The van der Waals surface area contributed by atoms with Gasteiger partial charge in [-0.05, 0) is 19.1 Å². The number of thioether (sulfide) groups is 1. The van der Waals surface area contributed by atoms with Gasteiger partial charge < -0.3 is 9.88 Å². The van der Waals surface area contributed by atoms with Gasteiger partial charge in [0.25, 0.3) is 0 Å². The minimum absolute atomic E-state index is 0.242. The van der Waals surface area contributed by atoms with Gasteiger partial charge in [-0.25, -0.2) is 0 Å². The molecular formula is C12H11Cl3N4OS. The highest BCUT2D eigenvalue weighted by Gasteiger charge is 2.19. The van der Waals surface area contributed by atoms with Crippen LogP contribution in [-0.4, -0.2) is 25.9 Å². The molecule has 2 rings (SSSR count). The van der Waals surface area contributed by atoms with Crippen molar-refractivity contribution in [2.45, 2.75) is 17.3 Å². The lowest BCUT2D eigenvalue weighted by molar-refractivity contribution is -0.115. The fraction of sp³-hybridized carbons (Fsp3) is 0.250. The van der Waals surface area contributed by atoms with Crippen LogP contribution in [0.1, 0.15) is 6.92 Å². The molecule has 0 bridgehead atoms. The van der Waals surface area contributed by atoms with E-state index in [1.165, 1.54) is 23.9 Å². The standard InChI is InChI=1S/C12H11Cl3N4OS/c1-6(21-12-18-16-5-19(12)2)11(20)17-10-8(14)3-7(13)4-9(10)15/h3-6H,1-2H3,(H,17,20)/t6-/m1/s1. The summed E-state index contributed by atoms with van der Waals surface area (Å²) >= 11 is 19.2. The zero-order chi connectivity index (χ0) is 15.6. The molecule has 9 heteroatoms. The maximum Gasteiger partial charge on any atom is 0.237 e. The molecular weight excluding hydrogens is 355 g/mol. The number of aryl methyl sites for hydroxylation is 1. The number of nitrogens with one attached hydrogen (secondary N) is 1. The van der Waals surface area contributed by atoms with Gasteiger partial charge in [-0.15, -0.1) is 10.2 Å². The summed E-state index contributed by atoms with van der Waals surface area (Å²) in [7, 11) is 1.81. The predicted molar refractivity (Wildman–Crippen MR) is 86.4 cm³/mol. The van der Waals surface area contributed by atoms with Gasteiger partial charge in [0.1, 0.15) is 6.33 Å². The monoisotopic (exact) mass is 364 g/mol. The Labute approximate surface area is 141 Å². The third-order valence-electron chi connectivity index (χ3n) is 2.58. The van der Waals surface area contributed by atoms with Crippen LogP contribution >= 0.6 is 46.6 Å². The summed E-state index contributed by atoms with van der Waals surface area (Å²) < 4.78 is 1.73. The molecule has 0 fully saturated rings. The van der Waals surface area contributed by atoms with E-state index in [1.807, 2.05) is 0 Å². The largest absolute Gasteiger partial charge is 0.323 e. The minimum Gasteiger partial charge on any atom is -0.323 e. The van der Waals surface area contributed by atoms with Crippen molar-refractivity contribution in [3.63, 3.8) is 0 Å². The molecule has 1 aromatic heterocycles. The molecule has 2 aromatic rings. The molecule has 112 valence electrons. The van der Waals surface area contributed by atoms with E-state index in [2.05, 4.69) is 15.5 Å². The lowest BCUT2D eigenvalue weighted by Gasteiger charge is -2.13. The van der Waals surface area contributed by atoms with Crippen LogP contribution in [0.4, 0.5) is 5.69 Å². The van der Waals surface area contributed by atoms with E-state index in [9.17, 15) is 4.79 Å². The number of aromatic nitrogens is 3. The highest BCUT2D eigenvalue weighted by atomic mass is 35.5. The van der Waals surface area contributed by atoms with Gasteiger partial charge in [0.15, 0.2) is 5.16 Å². The van der Waals surface area contributed by atoms with E-state index in [-0.39, 0.29) is 16.0 Å². The second-order valence-electron chi connectivity index (χ2n) is 4.22. The van der Waals surface area contributed by atoms with Crippen LogP contribution in [0.5, 0.6) is 0 Å². The van der Waals surface area contributed by atoms with Crippen LogP contribution in [0.2, 0.25) is 15.1 Å². The zero-order valence-electron chi connectivity index (χ0n) is 11.1. The predicted octanol–water partition coefficient (Wildman–Crippen LogP) is 3.89. The number of nitrogens with zero attached hydrogens (tertiary/aromatic N) is 3. The third-order valence-corrected chi connectivity index (χ3v) is 4.54. The summed E-state index contributed by atoms with van der Waals surface area (Å²) in [5.41, 5.74) is 0.346. The van der Waals surface area contributed by atoms with Crippen molar-refractivity contribution >= 4 is 58.2 Å². The number of carbonyl (C=O) groups is 1. The number of carbonyl (C=O) groups excluding carboxylic acids is 1. The summed E-state index contributed by atoms with van der Waals surface area (Å²) in [5.74, 6) is -0.242. The Hall–Kier alpha value is -0.950. The van der Waals surface area contributed by atoms with Crippen molar-refractivity contribution in [3.8, 4) is 0 Å². The number of rotatable bonds is 4. The molecule has 1 amide bonds. The number of amides is 1. The first-order valence-corrected chi connectivity index (χ1v) is 7.86. The van der Waals surface area contributed by atoms with Gasteiger partial charge in [-0.3, -0.25) is 4.79 Å². The number of halogens is 3. The van der Waals surface area contributed by atoms with E-state index in [1.54, 1.807) is 24.9 Å². The van der Waals surface area contributed by atoms with Crippen LogP contribution in [0.3, 0.4) is 0 Å². The first-order valence-electron chi connectivity index (χ1n) is 5.84. The summed E-state index contributed by atoms with van der Waals surface area (Å²) in [4.78, 5) is 12.2. The van der Waals surface area contributed by atoms with E-state index >= 15 is 0 Å². The molecule has 0 radical (unpaired) electrons. The maximum atomic E-state index is 12.2.